The molecule has 0 unspecified atom stereocenters. The summed E-state index contributed by atoms with van der Waals surface area (Å²) in [7, 11) is 1.30. The van der Waals surface area contributed by atoms with Gasteiger partial charge in [-0.25, -0.2) is 4.79 Å². The van der Waals surface area contributed by atoms with Gasteiger partial charge in [-0.05, 0) is 19.1 Å². The molecule has 2 heterocycles. The first kappa shape index (κ1) is 10.4. The molecule has 0 aliphatic carbocycles. The highest BCUT2D eigenvalue weighted by Crippen LogP contribution is 2.22. The van der Waals surface area contributed by atoms with E-state index in [-0.39, 0.29) is 5.76 Å². The van der Waals surface area contributed by atoms with Gasteiger partial charge in [0.2, 0.25) is 5.76 Å². The van der Waals surface area contributed by atoms with Crippen LogP contribution in [0.2, 0.25) is 0 Å². The number of ether oxygens (including phenoxy) is 1. The molecule has 0 saturated heterocycles. The molecular formula is C11H10N2O3. The molecule has 2 aromatic rings. The molecule has 0 aromatic carbocycles. The van der Waals surface area contributed by atoms with Gasteiger partial charge in [-0.2, -0.15) is 0 Å². The predicted molar refractivity (Wildman–Crippen MR) is 55.8 cm³/mol. The standard InChI is InChI=1S/C11H10N2O3/c1-7-9(8-5-3-4-6-12-8)13-16-10(7)11(14)15-2/h3-6H,1-2H3. The zero-order valence-electron chi connectivity index (χ0n) is 8.93. The summed E-state index contributed by atoms with van der Waals surface area (Å²) in [5.74, 6) is -0.421. The Bertz CT molecular complexity index is 505. The number of carbonyl (C=O) groups is 1. The van der Waals surface area contributed by atoms with E-state index in [2.05, 4.69) is 14.9 Å². The molecule has 0 bridgehead atoms. The van der Waals surface area contributed by atoms with Crippen molar-refractivity contribution >= 4 is 5.97 Å². The van der Waals surface area contributed by atoms with Crippen LogP contribution < -0.4 is 0 Å². The number of pyridine rings is 1. The maximum absolute atomic E-state index is 11.3. The maximum atomic E-state index is 11.3. The Labute approximate surface area is 92.0 Å². The third kappa shape index (κ3) is 1.67. The topological polar surface area (TPSA) is 65.2 Å². The second-order valence-electron chi connectivity index (χ2n) is 3.19. The van der Waals surface area contributed by atoms with Crippen molar-refractivity contribution in [3.63, 3.8) is 0 Å². The van der Waals surface area contributed by atoms with E-state index in [0.717, 1.165) is 0 Å². The molecule has 2 aromatic heterocycles. The van der Waals surface area contributed by atoms with Crippen LogP contribution in [0.1, 0.15) is 16.1 Å². The molecule has 0 N–H and O–H groups in total. The van der Waals surface area contributed by atoms with Gasteiger partial charge in [0, 0.05) is 11.8 Å². The summed E-state index contributed by atoms with van der Waals surface area (Å²) in [5, 5.41) is 3.82. The Morgan fingerprint density at radius 2 is 2.25 bits per heavy atom. The van der Waals surface area contributed by atoms with Crippen molar-refractivity contribution in [2.24, 2.45) is 0 Å². The molecule has 0 saturated carbocycles. The first-order chi connectivity index (χ1) is 7.74. The highest BCUT2D eigenvalue weighted by molar-refractivity contribution is 5.89. The van der Waals surface area contributed by atoms with Crippen LogP contribution in [0.3, 0.4) is 0 Å². The van der Waals surface area contributed by atoms with Crippen LogP contribution in [-0.4, -0.2) is 23.2 Å². The fourth-order valence-electron chi connectivity index (χ4n) is 1.36. The van der Waals surface area contributed by atoms with Crippen molar-refractivity contribution in [3.05, 3.63) is 35.7 Å². The predicted octanol–water partition coefficient (Wildman–Crippen LogP) is 1.83. The molecule has 0 amide bonds. The van der Waals surface area contributed by atoms with Crippen LogP contribution in [0.25, 0.3) is 11.4 Å². The molecule has 0 atom stereocenters. The smallest absolute Gasteiger partial charge is 0.377 e. The summed E-state index contributed by atoms with van der Waals surface area (Å²) >= 11 is 0. The first-order valence-electron chi connectivity index (χ1n) is 4.70. The van der Waals surface area contributed by atoms with Gasteiger partial charge in [0.15, 0.2) is 0 Å². The zero-order valence-corrected chi connectivity index (χ0v) is 8.93. The Balaban J connectivity index is 2.45. The minimum absolute atomic E-state index is 0.114. The molecule has 0 aliphatic heterocycles. The number of hydrogen-bond acceptors (Lipinski definition) is 5. The van der Waals surface area contributed by atoms with Crippen LogP contribution in [0.4, 0.5) is 0 Å². The van der Waals surface area contributed by atoms with Crippen LogP contribution in [0.5, 0.6) is 0 Å². The summed E-state index contributed by atoms with van der Waals surface area (Å²) in [5.41, 5.74) is 1.85. The lowest BCUT2D eigenvalue weighted by Gasteiger charge is -1.96. The first-order valence-corrected chi connectivity index (χ1v) is 4.70. The van der Waals surface area contributed by atoms with Gasteiger partial charge in [0.1, 0.15) is 5.69 Å². The minimum atomic E-state index is -0.535. The zero-order chi connectivity index (χ0) is 11.5. The van der Waals surface area contributed by atoms with Gasteiger partial charge in [-0.15, -0.1) is 0 Å². The molecule has 0 radical (unpaired) electrons. The van der Waals surface area contributed by atoms with E-state index in [0.29, 0.717) is 17.0 Å². The molecular weight excluding hydrogens is 208 g/mol. The lowest BCUT2D eigenvalue weighted by molar-refractivity contribution is 0.0553. The highest BCUT2D eigenvalue weighted by atomic mass is 16.5. The number of methoxy groups -OCH3 is 1. The van der Waals surface area contributed by atoms with Crippen molar-refractivity contribution in [1.29, 1.82) is 0 Å². The average Bonchev–Trinajstić information content (AvgIpc) is 2.71. The van der Waals surface area contributed by atoms with Gasteiger partial charge in [0.25, 0.3) is 0 Å². The van der Waals surface area contributed by atoms with E-state index in [4.69, 9.17) is 4.52 Å². The molecule has 5 nitrogen and oxygen atoms in total. The summed E-state index contributed by atoms with van der Waals surface area (Å²) in [6, 6.07) is 5.44. The maximum Gasteiger partial charge on any atom is 0.377 e. The molecule has 2 rings (SSSR count). The van der Waals surface area contributed by atoms with E-state index >= 15 is 0 Å². The Morgan fingerprint density at radius 3 is 2.88 bits per heavy atom. The van der Waals surface area contributed by atoms with Crippen molar-refractivity contribution in [2.75, 3.05) is 7.11 Å². The number of hydrogen-bond donors (Lipinski definition) is 0. The summed E-state index contributed by atoms with van der Waals surface area (Å²) < 4.78 is 9.51. The highest BCUT2D eigenvalue weighted by Gasteiger charge is 2.20. The minimum Gasteiger partial charge on any atom is -0.463 e. The molecule has 0 fully saturated rings. The summed E-state index contributed by atoms with van der Waals surface area (Å²) in [6.07, 6.45) is 1.65. The number of nitrogens with zero attached hydrogens (tertiary/aromatic N) is 2. The van der Waals surface area contributed by atoms with E-state index in [1.807, 2.05) is 6.07 Å². The number of carbonyl (C=O) groups excluding carboxylic acids is 1. The van der Waals surface area contributed by atoms with E-state index < -0.39 is 5.97 Å². The molecule has 16 heavy (non-hydrogen) atoms. The van der Waals surface area contributed by atoms with E-state index in [1.54, 1.807) is 25.3 Å². The normalized spacial score (nSPS) is 10.1. The monoisotopic (exact) mass is 218 g/mol. The van der Waals surface area contributed by atoms with Crippen molar-refractivity contribution in [1.82, 2.24) is 10.1 Å². The van der Waals surface area contributed by atoms with Gasteiger partial charge < -0.3 is 9.26 Å². The molecule has 82 valence electrons. The second kappa shape index (κ2) is 4.14. The SMILES string of the molecule is COC(=O)c1onc(-c2ccccn2)c1C. The molecule has 0 spiro atoms. The molecule has 0 aliphatic rings. The fraction of sp³-hybridized carbons (Fsp3) is 0.182. The summed E-state index contributed by atoms with van der Waals surface area (Å²) in [6.45, 7) is 1.74. The van der Waals surface area contributed by atoms with Crippen LogP contribution in [-0.2, 0) is 4.74 Å². The van der Waals surface area contributed by atoms with E-state index in [1.165, 1.54) is 7.11 Å². The fourth-order valence-corrected chi connectivity index (χ4v) is 1.36. The van der Waals surface area contributed by atoms with Crippen LogP contribution in [0, 0.1) is 6.92 Å². The third-order valence-corrected chi connectivity index (χ3v) is 2.20. The average molecular weight is 218 g/mol. The van der Waals surface area contributed by atoms with Gasteiger partial charge >= 0.3 is 5.97 Å². The van der Waals surface area contributed by atoms with Gasteiger partial charge in [-0.3, -0.25) is 4.98 Å². The van der Waals surface area contributed by atoms with Crippen LogP contribution in [0.15, 0.2) is 28.9 Å². The third-order valence-electron chi connectivity index (χ3n) is 2.20. The number of rotatable bonds is 2. The van der Waals surface area contributed by atoms with Crippen molar-refractivity contribution < 1.29 is 14.1 Å². The Morgan fingerprint density at radius 1 is 1.44 bits per heavy atom. The number of aromatic nitrogens is 2. The van der Waals surface area contributed by atoms with Gasteiger partial charge in [0.05, 0.1) is 12.8 Å². The van der Waals surface area contributed by atoms with Gasteiger partial charge in [-0.1, -0.05) is 11.2 Å². The lowest BCUT2D eigenvalue weighted by Crippen LogP contribution is -2.01. The van der Waals surface area contributed by atoms with E-state index in [9.17, 15) is 4.79 Å². The summed E-state index contributed by atoms with van der Waals surface area (Å²) in [4.78, 5) is 15.4. The molecule has 5 heteroatoms. The van der Waals surface area contributed by atoms with Crippen molar-refractivity contribution in [2.45, 2.75) is 6.92 Å². The largest absolute Gasteiger partial charge is 0.463 e. The van der Waals surface area contributed by atoms with Crippen LogP contribution >= 0.6 is 0 Å². The Hall–Kier alpha value is -2.17. The quantitative estimate of drug-likeness (QED) is 0.719. The number of esters is 1. The second-order valence-corrected chi connectivity index (χ2v) is 3.19. The lowest BCUT2D eigenvalue weighted by atomic mass is 10.1. The van der Waals surface area contributed by atoms with Crippen molar-refractivity contribution in [3.8, 4) is 11.4 Å². The Kier molecular flexibility index (Phi) is 2.68.